The number of hydrogen-bond acceptors (Lipinski definition) is 2. The predicted molar refractivity (Wildman–Crippen MR) is 79.8 cm³/mol. The lowest BCUT2D eigenvalue weighted by molar-refractivity contribution is -0.0684. The van der Waals surface area contributed by atoms with Crippen LogP contribution in [0.1, 0.15) is 24.0 Å². The Kier molecular flexibility index (Phi) is 4.20. The van der Waals surface area contributed by atoms with Crippen molar-refractivity contribution in [3.8, 4) is 5.75 Å². The van der Waals surface area contributed by atoms with Crippen molar-refractivity contribution in [2.24, 2.45) is 0 Å². The van der Waals surface area contributed by atoms with Crippen LogP contribution in [0.25, 0.3) is 0 Å². The molecule has 2 aromatic carbocycles. The molecule has 0 saturated heterocycles. The number of hydrogen-bond donors (Lipinski definition) is 0. The van der Waals surface area contributed by atoms with Crippen molar-refractivity contribution in [3.05, 3.63) is 65.5 Å². The van der Waals surface area contributed by atoms with E-state index in [-0.39, 0.29) is 18.0 Å². The summed E-state index contributed by atoms with van der Waals surface area (Å²) in [4.78, 5) is 0. The molecule has 0 bridgehead atoms. The van der Waals surface area contributed by atoms with Crippen LogP contribution in [-0.2, 0) is 11.3 Å². The van der Waals surface area contributed by atoms with Crippen molar-refractivity contribution >= 4 is 0 Å². The van der Waals surface area contributed by atoms with E-state index in [9.17, 15) is 4.39 Å². The highest BCUT2D eigenvalue weighted by atomic mass is 19.1. The fourth-order valence-corrected chi connectivity index (χ4v) is 2.38. The summed E-state index contributed by atoms with van der Waals surface area (Å²) in [6, 6.07) is 15.1. The molecule has 1 fully saturated rings. The monoisotopic (exact) mass is 286 g/mol. The zero-order valence-corrected chi connectivity index (χ0v) is 12.1. The first-order valence-corrected chi connectivity index (χ1v) is 7.29. The molecule has 0 aromatic heterocycles. The second-order valence-electron chi connectivity index (χ2n) is 5.54. The molecular weight excluding hydrogens is 267 g/mol. The summed E-state index contributed by atoms with van der Waals surface area (Å²) in [6.45, 7) is 2.38. The van der Waals surface area contributed by atoms with Gasteiger partial charge in [-0.1, -0.05) is 36.4 Å². The molecule has 1 saturated carbocycles. The number of halogens is 1. The van der Waals surface area contributed by atoms with Gasteiger partial charge in [-0.25, -0.2) is 4.39 Å². The average Bonchev–Trinajstić information content (AvgIpc) is 2.46. The van der Waals surface area contributed by atoms with E-state index in [0.29, 0.717) is 17.9 Å². The Labute approximate surface area is 124 Å². The van der Waals surface area contributed by atoms with E-state index in [4.69, 9.17) is 9.47 Å². The molecule has 21 heavy (non-hydrogen) atoms. The van der Waals surface area contributed by atoms with Gasteiger partial charge in [0.15, 0.2) is 0 Å². The minimum atomic E-state index is -0.219. The number of benzene rings is 2. The van der Waals surface area contributed by atoms with Gasteiger partial charge in [0.05, 0.1) is 12.7 Å². The van der Waals surface area contributed by atoms with E-state index in [2.05, 4.69) is 12.1 Å². The van der Waals surface area contributed by atoms with Crippen LogP contribution in [0.2, 0.25) is 0 Å². The van der Waals surface area contributed by atoms with Crippen LogP contribution < -0.4 is 4.74 Å². The topological polar surface area (TPSA) is 18.5 Å². The van der Waals surface area contributed by atoms with E-state index >= 15 is 0 Å². The molecule has 0 unspecified atom stereocenters. The zero-order valence-electron chi connectivity index (χ0n) is 12.1. The number of aryl methyl sites for hydroxylation is 1. The van der Waals surface area contributed by atoms with Crippen LogP contribution in [0.3, 0.4) is 0 Å². The molecular formula is C18H19FO2. The van der Waals surface area contributed by atoms with Gasteiger partial charge >= 0.3 is 0 Å². The SMILES string of the molecule is Cc1ccc(OC2CC(OCc3ccccc3)C2)cc1F. The van der Waals surface area contributed by atoms with Crippen LogP contribution in [-0.4, -0.2) is 12.2 Å². The van der Waals surface area contributed by atoms with Crippen molar-refractivity contribution in [3.63, 3.8) is 0 Å². The summed E-state index contributed by atoms with van der Waals surface area (Å²) in [5, 5.41) is 0. The van der Waals surface area contributed by atoms with Crippen LogP contribution in [0.4, 0.5) is 4.39 Å². The Balaban J connectivity index is 1.42. The normalized spacial score (nSPS) is 20.9. The molecule has 2 nitrogen and oxygen atoms in total. The minimum Gasteiger partial charge on any atom is -0.490 e. The van der Waals surface area contributed by atoms with Crippen molar-refractivity contribution in [2.45, 2.75) is 38.6 Å². The second-order valence-corrected chi connectivity index (χ2v) is 5.54. The molecule has 0 N–H and O–H groups in total. The molecule has 0 amide bonds. The van der Waals surface area contributed by atoms with Gasteiger partial charge in [-0.15, -0.1) is 0 Å². The fourth-order valence-electron chi connectivity index (χ4n) is 2.38. The third kappa shape index (κ3) is 3.61. The van der Waals surface area contributed by atoms with Gasteiger partial charge in [-0.2, -0.15) is 0 Å². The van der Waals surface area contributed by atoms with E-state index in [1.807, 2.05) is 24.3 Å². The number of rotatable bonds is 5. The van der Waals surface area contributed by atoms with E-state index < -0.39 is 0 Å². The van der Waals surface area contributed by atoms with Crippen LogP contribution in [0.15, 0.2) is 48.5 Å². The van der Waals surface area contributed by atoms with Gasteiger partial charge in [-0.3, -0.25) is 0 Å². The van der Waals surface area contributed by atoms with Gasteiger partial charge in [0.25, 0.3) is 0 Å². The summed E-state index contributed by atoms with van der Waals surface area (Å²) in [5.41, 5.74) is 1.82. The Morgan fingerprint density at radius 1 is 1.05 bits per heavy atom. The molecule has 3 heteroatoms. The first-order valence-electron chi connectivity index (χ1n) is 7.29. The van der Waals surface area contributed by atoms with Gasteiger partial charge < -0.3 is 9.47 Å². The van der Waals surface area contributed by atoms with E-state index in [1.165, 1.54) is 11.6 Å². The lowest BCUT2D eigenvalue weighted by Gasteiger charge is -2.35. The maximum Gasteiger partial charge on any atom is 0.129 e. The fraction of sp³-hybridized carbons (Fsp3) is 0.333. The van der Waals surface area contributed by atoms with Gasteiger partial charge in [0.2, 0.25) is 0 Å². The van der Waals surface area contributed by atoms with Crippen molar-refractivity contribution in [1.29, 1.82) is 0 Å². The first kappa shape index (κ1) is 14.1. The maximum absolute atomic E-state index is 13.4. The first-order chi connectivity index (χ1) is 10.2. The summed E-state index contributed by atoms with van der Waals surface area (Å²) in [7, 11) is 0. The molecule has 2 aromatic rings. The molecule has 110 valence electrons. The summed E-state index contributed by atoms with van der Waals surface area (Å²) < 4.78 is 25.0. The highest BCUT2D eigenvalue weighted by Crippen LogP contribution is 2.29. The van der Waals surface area contributed by atoms with Crippen LogP contribution in [0, 0.1) is 12.7 Å². The number of ether oxygens (including phenoxy) is 2. The van der Waals surface area contributed by atoms with Crippen molar-refractivity contribution in [2.75, 3.05) is 0 Å². The molecule has 3 rings (SSSR count). The highest BCUT2D eigenvalue weighted by Gasteiger charge is 2.31. The summed E-state index contributed by atoms with van der Waals surface area (Å²) in [5.74, 6) is 0.383. The molecule has 1 aliphatic rings. The third-order valence-corrected chi connectivity index (χ3v) is 3.83. The molecule has 0 heterocycles. The molecule has 1 aliphatic carbocycles. The van der Waals surface area contributed by atoms with Crippen molar-refractivity contribution < 1.29 is 13.9 Å². The highest BCUT2D eigenvalue weighted by molar-refractivity contribution is 5.28. The lowest BCUT2D eigenvalue weighted by atomic mass is 9.92. The quantitative estimate of drug-likeness (QED) is 0.817. The summed E-state index contributed by atoms with van der Waals surface area (Å²) in [6.07, 6.45) is 2.10. The predicted octanol–water partition coefficient (Wildman–Crippen LogP) is 4.26. The Morgan fingerprint density at radius 3 is 2.52 bits per heavy atom. The van der Waals surface area contributed by atoms with Crippen molar-refractivity contribution in [1.82, 2.24) is 0 Å². The largest absolute Gasteiger partial charge is 0.490 e. The molecule has 0 radical (unpaired) electrons. The average molecular weight is 286 g/mol. The molecule has 0 atom stereocenters. The van der Waals surface area contributed by atoms with E-state index in [1.54, 1.807) is 13.0 Å². The standard InChI is InChI=1S/C18H19FO2/c1-13-7-8-15(11-18(13)19)21-17-9-16(10-17)20-12-14-5-3-2-4-6-14/h2-8,11,16-17H,9-10,12H2,1H3. The second kappa shape index (κ2) is 6.27. The Bertz CT molecular complexity index is 591. The molecule has 0 aliphatic heterocycles. The Hall–Kier alpha value is -1.87. The maximum atomic E-state index is 13.4. The van der Waals surface area contributed by atoms with Crippen LogP contribution >= 0.6 is 0 Å². The molecule has 0 spiro atoms. The summed E-state index contributed by atoms with van der Waals surface area (Å²) >= 11 is 0. The smallest absolute Gasteiger partial charge is 0.129 e. The third-order valence-electron chi connectivity index (χ3n) is 3.83. The van der Waals surface area contributed by atoms with Gasteiger partial charge in [0.1, 0.15) is 17.7 Å². The minimum absolute atomic E-state index is 0.132. The van der Waals surface area contributed by atoms with Crippen LogP contribution in [0.5, 0.6) is 5.75 Å². The van der Waals surface area contributed by atoms with Gasteiger partial charge in [0, 0.05) is 18.9 Å². The zero-order chi connectivity index (χ0) is 14.7. The van der Waals surface area contributed by atoms with Gasteiger partial charge in [-0.05, 0) is 24.1 Å². The lowest BCUT2D eigenvalue weighted by Crippen LogP contribution is -2.39. The Morgan fingerprint density at radius 2 is 1.81 bits per heavy atom. The van der Waals surface area contributed by atoms with E-state index in [0.717, 1.165) is 12.8 Å².